The molecule has 6 heavy (non-hydrogen) atoms. The highest BCUT2D eigenvalue weighted by molar-refractivity contribution is 4.91. The molecule has 0 fully saturated rings. The zero-order valence-corrected chi connectivity index (χ0v) is 4.07. The van der Waals surface area contributed by atoms with Crippen LogP contribution in [-0.2, 0) is 0 Å². The van der Waals surface area contributed by atoms with Gasteiger partial charge in [-0.15, -0.1) is 0 Å². The van der Waals surface area contributed by atoms with Crippen molar-refractivity contribution >= 4 is 0 Å². The van der Waals surface area contributed by atoms with Crippen LogP contribution in [-0.4, -0.2) is 0 Å². The van der Waals surface area contributed by atoms with E-state index in [2.05, 4.69) is 12.7 Å². The van der Waals surface area contributed by atoms with E-state index >= 15 is 0 Å². The van der Waals surface area contributed by atoms with Crippen molar-refractivity contribution in [1.82, 2.24) is 0 Å². The van der Waals surface area contributed by atoms with Crippen molar-refractivity contribution in [2.24, 2.45) is 0 Å². The fourth-order valence-corrected chi connectivity index (χ4v) is 0.201. The predicted octanol–water partition coefficient (Wildman–Crippen LogP) is 1.94. The molecule has 0 aliphatic heterocycles. The standard InChI is InChI=1S/C6H9/c1-3-5-6-4-2/h3,5H,1,4H2,2H3. The third-order valence-corrected chi connectivity index (χ3v) is 0.440. The largest absolute Gasteiger partial charge is 0.0991 e. The summed E-state index contributed by atoms with van der Waals surface area (Å²) in [6.45, 7) is 5.52. The van der Waals surface area contributed by atoms with Gasteiger partial charge in [0, 0.05) is 0 Å². The van der Waals surface area contributed by atoms with Crippen LogP contribution in [0.25, 0.3) is 0 Å². The van der Waals surface area contributed by atoms with Gasteiger partial charge in [0.25, 0.3) is 0 Å². The van der Waals surface area contributed by atoms with Crippen LogP contribution in [0.4, 0.5) is 0 Å². The molecule has 0 saturated heterocycles. The molecule has 0 unspecified atom stereocenters. The van der Waals surface area contributed by atoms with E-state index in [0.29, 0.717) is 0 Å². The lowest BCUT2D eigenvalue weighted by Gasteiger charge is -1.66. The highest BCUT2D eigenvalue weighted by atomic mass is 13.6. The lowest BCUT2D eigenvalue weighted by atomic mass is 10.4. The van der Waals surface area contributed by atoms with E-state index in [1.165, 1.54) is 0 Å². The second kappa shape index (κ2) is 4.48. The van der Waals surface area contributed by atoms with Gasteiger partial charge in [0.2, 0.25) is 0 Å². The first-order chi connectivity index (χ1) is 2.91. The number of allylic oxidation sites excluding steroid dienone is 3. The Labute approximate surface area is 39.2 Å². The topological polar surface area (TPSA) is 0 Å². The van der Waals surface area contributed by atoms with E-state index in [1.54, 1.807) is 6.08 Å². The number of hydrogen-bond donors (Lipinski definition) is 0. The van der Waals surface area contributed by atoms with Gasteiger partial charge in [0.1, 0.15) is 0 Å². The van der Waals surface area contributed by atoms with E-state index in [-0.39, 0.29) is 0 Å². The molecule has 0 aromatic heterocycles. The average molecular weight is 81.1 g/mol. The maximum atomic E-state index is 3.48. The molecule has 0 N–H and O–H groups in total. The zero-order valence-electron chi connectivity index (χ0n) is 4.07. The maximum Gasteiger partial charge on any atom is -0.0305 e. The van der Waals surface area contributed by atoms with Gasteiger partial charge in [0.05, 0.1) is 0 Å². The van der Waals surface area contributed by atoms with Gasteiger partial charge in [-0.05, 0) is 12.5 Å². The zero-order chi connectivity index (χ0) is 4.83. The highest BCUT2D eigenvalue weighted by Gasteiger charge is 1.56. The second-order valence-corrected chi connectivity index (χ2v) is 0.960. The Morgan fingerprint density at radius 2 is 2.50 bits per heavy atom. The third-order valence-electron chi connectivity index (χ3n) is 0.440. The molecule has 0 saturated carbocycles. The molecule has 1 radical (unpaired) electrons. The van der Waals surface area contributed by atoms with E-state index < -0.39 is 0 Å². The molecule has 0 spiro atoms. The lowest BCUT2D eigenvalue weighted by molar-refractivity contribution is 1.19. The number of hydrogen-bond acceptors (Lipinski definition) is 0. The molecule has 0 bridgehead atoms. The Hall–Kier alpha value is -0.520. The molecule has 33 valence electrons. The van der Waals surface area contributed by atoms with Crippen LogP contribution in [0.15, 0.2) is 18.7 Å². The molecular formula is C6H9. The molecule has 0 aromatic carbocycles. The van der Waals surface area contributed by atoms with Gasteiger partial charge < -0.3 is 0 Å². The van der Waals surface area contributed by atoms with Crippen LogP contribution in [0.2, 0.25) is 0 Å². The first-order valence-corrected chi connectivity index (χ1v) is 2.09. The molecule has 0 aliphatic carbocycles. The Morgan fingerprint density at radius 3 is 2.67 bits per heavy atom. The molecule has 0 heteroatoms. The molecule has 0 amide bonds. The van der Waals surface area contributed by atoms with Crippen LogP contribution >= 0.6 is 0 Å². The summed E-state index contributed by atoms with van der Waals surface area (Å²) in [5.41, 5.74) is 0. The van der Waals surface area contributed by atoms with Gasteiger partial charge in [-0.25, -0.2) is 0 Å². The van der Waals surface area contributed by atoms with Crippen LogP contribution in [0, 0.1) is 6.08 Å². The summed E-state index contributed by atoms with van der Waals surface area (Å²) in [6.07, 6.45) is 7.48. The third kappa shape index (κ3) is 3.48. The van der Waals surface area contributed by atoms with Gasteiger partial charge >= 0.3 is 0 Å². The van der Waals surface area contributed by atoms with Crippen molar-refractivity contribution in [2.75, 3.05) is 0 Å². The molecule has 0 nitrogen and oxygen atoms in total. The molecule has 0 rings (SSSR count). The van der Waals surface area contributed by atoms with Gasteiger partial charge in [-0.2, -0.15) is 0 Å². The Kier molecular flexibility index (Phi) is 4.09. The van der Waals surface area contributed by atoms with Crippen molar-refractivity contribution in [2.45, 2.75) is 13.3 Å². The molecule has 0 heterocycles. The first kappa shape index (κ1) is 5.48. The van der Waals surface area contributed by atoms with Crippen molar-refractivity contribution < 1.29 is 0 Å². The van der Waals surface area contributed by atoms with Crippen molar-refractivity contribution in [3.63, 3.8) is 0 Å². The van der Waals surface area contributed by atoms with Crippen molar-refractivity contribution in [3.05, 3.63) is 24.8 Å². The summed E-state index contributed by atoms with van der Waals surface area (Å²) < 4.78 is 0. The maximum absolute atomic E-state index is 3.48. The lowest BCUT2D eigenvalue weighted by Crippen LogP contribution is -1.48. The molecule has 0 aliphatic rings. The number of rotatable bonds is 2. The summed E-state index contributed by atoms with van der Waals surface area (Å²) in [6, 6.07) is 0. The SMILES string of the molecule is C=C/C=[C]\CC. The Bertz CT molecular complexity index is 51.1. The normalized spacial score (nSPS) is 9.50. The minimum atomic E-state index is 0.978. The van der Waals surface area contributed by atoms with Crippen molar-refractivity contribution in [1.29, 1.82) is 0 Å². The summed E-state index contributed by atoms with van der Waals surface area (Å²) >= 11 is 0. The smallest absolute Gasteiger partial charge is 0.0305 e. The molecular weight excluding hydrogens is 72.1 g/mol. The van der Waals surface area contributed by atoms with Crippen molar-refractivity contribution in [3.8, 4) is 0 Å². The highest BCUT2D eigenvalue weighted by Crippen LogP contribution is 1.74. The Morgan fingerprint density at radius 1 is 1.83 bits per heavy atom. The van der Waals surface area contributed by atoms with Crippen LogP contribution in [0.1, 0.15) is 13.3 Å². The van der Waals surface area contributed by atoms with Crippen LogP contribution < -0.4 is 0 Å². The Balaban J connectivity index is 2.94. The monoisotopic (exact) mass is 81.1 g/mol. The van der Waals surface area contributed by atoms with Gasteiger partial charge in [-0.3, -0.25) is 0 Å². The summed E-state index contributed by atoms with van der Waals surface area (Å²) in [4.78, 5) is 0. The second-order valence-electron chi connectivity index (χ2n) is 0.960. The first-order valence-electron chi connectivity index (χ1n) is 2.09. The fraction of sp³-hybridized carbons (Fsp3) is 0.333. The predicted molar refractivity (Wildman–Crippen MR) is 28.3 cm³/mol. The van der Waals surface area contributed by atoms with E-state index in [9.17, 15) is 0 Å². The van der Waals surface area contributed by atoms with E-state index in [0.717, 1.165) is 6.42 Å². The average Bonchev–Trinajstić information content (AvgIpc) is 1.61. The summed E-state index contributed by atoms with van der Waals surface area (Å²) in [5.74, 6) is 0. The van der Waals surface area contributed by atoms with Crippen LogP contribution in [0.5, 0.6) is 0 Å². The minimum Gasteiger partial charge on any atom is -0.0991 e. The van der Waals surface area contributed by atoms with Gasteiger partial charge in [0.15, 0.2) is 0 Å². The van der Waals surface area contributed by atoms with E-state index in [1.807, 2.05) is 13.0 Å². The van der Waals surface area contributed by atoms with E-state index in [4.69, 9.17) is 0 Å². The molecule has 0 atom stereocenters. The molecule has 0 aromatic rings. The summed E-state index contributed by atoms with van der Waals surface area (Å²) in [5, 5.41) is 0. The quantitative estimate of drug-likeness (QED) is 0.445. The fourth-order valence-electron chi connectivity index (χ4n) is 0.201. The van der Waals surface area contributed by atoms with Crippen LogP contribution in [0.3, 0.4) is 0 Å². The van der Waals surface area contributed by atoms with Gasteiger partial charge in [-0.1, -0.05) is 25.7 Å². The minimum absolute atomic E-state index is 0.978. The summed E-state index contributed by atoms with van der Waals surface area (Å²) in [7, 11) is 0.